The minimum Gasteiger partial charge on any atom is -0.481 e. The number of amides is 1. The van der Waals surface area contributed by atoms with E-state index in [1.807, 2.05) is 24.3 Å². The molecular weight excluding hydrogens is 354 g/mol. The summed E-state index contributed by atoms with van der Waals surface area (Å²) in [5.74, 6) is 2.78. The minimum absolute atomic E-state index is 0.0630. The molecule has 3 heterocycles. The van der Waals surface area contributed by atoms with Gasteiger partial charge in [0.05, 0.1) is 12.8 Å². The number of fused-ring (bicyclic) bond motifs is 1. The van der Waals surface area contributed by atoms with Crippen molar-refractivity contribution in [2.75, 3.05) is 24.6 Å². The number of carbonyl (C=O) groups is 1. The summed E-state index contributed by atoms with van der Waals surface area (Å²) in [5, 5.41) is 3.79. The zero-order valence-electron chi connectivity index (χ0n) is 16.1. The van der Waals surface area contributed by atoms with Gasteiger partial charge in [0.15, 0.2) is 6.61 Å². The Bertz CT molecular complexity index is 939. The molecule has 2 aromatic heterocycles. The SMILES string of the molecule is CC1CCCN(c2ccc3cccc(OCC(=O)NCc4ccco4)c3n2)C1. The quantitative estimate of drug-likeness (QED) is 0.706. The highest BCUT2D eigenvalue weighted by atomic mass is 16.5. The number of pyridine rings is 1. The first kappa shape index (κ1) is 18.3. The Balaban J connectivity index is 1.45. The third-order valence-electron chi connectivity index (χ3n) is 5.05. The second kappa shape index (κ2) is 8.33. The van der Waals surface area contributed by atoms with Crippen molar-refractivity contribution in [1.82, 2.24) is 10.3 Å². The van der Waals surface area contributed by atoms with Gasteiger partial charge in [0.1, 0.15) is 22.8 Å². The van der Waals surface area contributed by atoms with Gasteiger partial charge in [0.2, 0.25) is 0 Å². The second-order valence-corrected chi connectivity index (χ2v) is 7.34. The molecule has 0 bridgehead atoms. The van der Waals surface area contributed by atoms with Crippen LogP contribution in [0.5, 0.6) is 5.75 Å². The van der Waals surface area contributed by atoms with Gasteiger partial charge in [0, 0.05) is 18.5 Å². The molecule has 1 saturated heterocycles. The van der Waals surface area contributed by atoms with E-state index in [9.17, 15) is 4.79 Å². The van der Waals surface area contributed by atoms with E-state index < -0.39 is 0 Å². The number of nitrogens with one attached hydrogen (secondary N) is 1. The van der Waals surface area contributed by atoms with Crippen molar-refractivity contribution >= 4 is 22.6 Å². The first-order valence-corrected chi connectivity index (χ1v) is 9.75. The molecule has 1 atom stereocenters. The van der Waals surface area contributed by atoms with Crippen LogP contribution in [0.15, 0.2) is 53.1 Å². The highest BCUT2D eigenvalue weighted by molar-refractivity contribution is 5.86. The summed E-state index contributed by atoms with van der Waals surface area (Å²) in [7, 11) is 0. The smallest absolute Gasteiger partial charge is 0.258 e. The Labute approximate surface area is 164 Å². The number of aromatic nitrogens is 1. The maximum atomic E-state index is 12.1. The number of benzene rings is 1. The summed E-state index contributed by atoms with van der Waals surface area (Å²) in [4.78, 5) is 19.3. The molecule has 0 spiro atoms. The van der Waals surface area contributed by atoms with Crippen LogP contribution in [0.1, 0.15) is 25.5 Å². The van der Waals surface area contributed by atoms with Crippen LogP contribution in [0.25, 0.3) is 10.9 Å². The number of hydrogen-bond donors (Lipinski definition) is 1. The van der Waals surface area contributed by atoms with Crippen molar-refractivity contribution in [2.24, 2.45) is 5.92 Å². The molecule has 1 fully saturated rings. The number of furan rings is 1. The Kier molecular flexibility index (Phi) is 5.46. The maximum Gasteiger partial charge on any atom is 0.258 e. The van der Waals surface area contributed by atoms with Gasteiger partial charge in [-0.2, -0.15) is 0 Å². The molecule has 6 nitrogen and oxygen atoms in total. The van der Waals surface area contributed by atoms with Gasteiger partial charge in [-0.1, -0.05) is 19.1 Å². The fourth-order valence-electron chi connectivity index (χ4n) is 3.59. The lowest BCUT2D eigenvalue weighted by molar-refractivity contribution is -0.123. The van der Waals surface area contributed by atoms with Gasteiger partial charge in [-0.15, -0.1) is 0 Å². The summed E-state index contributed by atoms with van der Waals surface area (Å²) in [6.07, 6.45) is 4.04. The number of ether oxygens (including phenoxy) is 1. The van der Waals surface area contributed by atoms with Gasteiger partial charge in [-0.3, -0.25) is 4.79 Å². The molecule has 1 unspecified atom stereocenters. The third-order valence-corrected chi connectivity index (χ3v) is 5.05. The lowest BCUT2D eigenvalue weighted by Crippen LogP contribution is -2.34. The Morgan fingerprint density at radius 1 is 1.29 bits per heavy atom. The molecule has 6 heteroatoms. The maximum absolute atomic E-state index is 12.1. The van der Waals surface area contributed by atoms with Crippen LogP contribution in [0.3, 0.4) is 0 Å². The summed E-state index contributed by atoms with van der Waals surface area (Å²) < 4.78 is 11.0. The van der Waals surface area contributed by atoms with Gasteiger partial charge >= 0.3 is 0 Å². The Hall–Kier alpha value is -3.02. The number of para-hydroxylation sites is 1. The van der Waals surface area contributed by atoms with Crippen molar-refractivity contribution in [1.29, 1.82) is 0 Å². The minimum atomic E-state index is -0.200. The molecule has 1 amide bonds. The van der Waals surface area contributed by atoms with Gasteiger partial charge in [-0.05, 0) is 49.1 Å². The van der Waals surface area contributed by atoms with Crippen molar-refractivity contribution in [2.45, 2.75) is 26.3 Å². The molecule has 4 rings (SSSR count). The van der Waals surface area contributed by atoms with Crippen LogP contribution in [0, 0.1) is 5.92 Å². The van der Waals surface area contributed by atoms with Crippen LogP contribution in [0.2, 0.25) is 0 Å². The summed E-state index contributed by atoms with van der Waals surface area (Å²) in [6.45, 7) is 4.62. The van der Waals surface area contributed by atoms with E-state index in [1.54, 1.807) is 12.3 Å². The topological polar surface area (TPSA) is 67.6 Å². The van der Waals surface area contributed by atoms with Crippen LogP contribution >= 0.6 is 0 Å². The molecule has 1 aliphatic heterocycles. The number of piperidine rings is 1. The highest BCUT2D eigenvalue weighted by Crippen LogP contribution is 2.28. The van der Waals surface area contributed by atoms with E-state index in [1.165, 1.54) is 12.8 Å². The predicted octanol–water partition coefficient (Wildman–Crippen LogP) is 3.76. The molecule has 146 valence electrons. The average Bonchev–Trinajstić information content (AvgIpc) is 3.24. The molecule has 28 heavy (non-hydrogen) atoms. The number of hydrogen-bond acceptors (Lipinski definition) is 5. The molecule has 1 aliphatic rings. The van der Waals surface area contributed by atoms with Crippen LogP contribution in [-0.2, 0) is 11.3 Å². The fraction of sp³-hybridized carbons (Fsp3) is 0.364. The lowest BCUT2D eigenvalue weighted by Gasteiger charge is -2.32. The summed E-state index contributed by atoms with van der Waals surface area (Å²) in [5.41, 5.74) is 0.789. The zero-order valence-corrected chi connectivity index (χ0v) is 16.1. The highest BCUT2D eigenvalue weighted by Gasteiger charge is 2.18. The third kappa shape index (κ3) is 4.27. The molecule has 0 saturated carbocycles. The normalized spacial score (nSPS) is 16.9. The van der Waals surface area contributed by atoms with Crippen molar-refractivity contribution in [3.63, 3.8) is 0 Å². The fourth-order valence-corrected chi connectivity index (χ4v) is 3.59. The number of rotatable bonds is 6. The van der Waals surface area contributed by atoms with E-state index in [0.29, 0.717) is 24.0 Å². The van der Waals surface area contributed by atoms with Gasteiger partial charge in [0.25, 0.3) is 5.91 Å². The standard InChI is InChI=1S/C22H25N3O3/c1-16-5-3-11-25(14-16)20-10-9-17-6-2-8-19(22(17)24-20)28-15-21(26)23-13-18-7-4-12-27-18/h2,4,6-10,12,16H,3,5,11,13-15H2,1H3,(H,23,26). The zero-order chi connectivity index (χ0) is 19.3. The van der Waals surface area contributed by atoms with Crippen LogP contribution in [-0.4, -0.2) is 30.6 Å². The largest absolute Gasteiger partial charge is 0.481 e. The van der Waals surface area contributed by atoms with Crippen molar-refractivity contribution in [3.05, 3.63) is 54.5 Å². The predicted molar refractivity (Wildman–Crippen MR) is 108 cm³/mol. The van der Waals surface area contributed by atoms with E-state index in [4.69, 9.17) is 14.1 Å². The Morgan fingerprint density at radius 2 is 2.21 bits per heavy atom. The van der Waals surface area contributed by atoms with E-state index in [2.05, 4.69) is 29.3 Å². The first-order valence-electron chi connectivity index (χ1n) is 9.75. The Morgan fingerprint density at radius 3 is 3.04 bits per heavy atom. The van der Waals surface area contributed by atoms with Crippen molar-refractivity contribution in [3.8, 4) is 5.75 Å². The molecule has 0 aliphatic carbocycles. The van der Waals surface area contributed by atoms with Crippen molar-refractivity contribution < 1.29 is 13.9 Å². The summed E-state index contributed by atoms with van der Waals surface area (Å²) in [6, 6.07) is 13.5. The average molecular weight is 379 g/mol. The van der Waals surface area contributed by atoms with Gasteiger partial charge < -0.3 is 19.4 Å². The molecule has 1 aromatic carbocycles. The number of carbonyl (C=O) groups excluding carboxylic acids is 1. The van der Waals surface area contributed by atoms with E-state index in [-0.39, 0.29) is 12.5 Å². The van der Waals surface area contributed by atoms with Gasteiger partial charge in [-0.25, -0.2) is 4.98 Å². The van der Waals surface area contributed by atoms with E-state index >= 15 is 0 Å². The summed E-state index contributed by atoms with van der Waals surface area (Å²) >= 11 is 0. The van der Waals surface area contributed by atoms with Crippen LogP contribution in [0.4, 0.5) is 5.82 Å². The second-order valence-electron chi connectivity index (χ2n) is 7.34. The van der Waals surface area contributed by atoms with Crippen LogP contribution < -0.4 is 15.0 Å². The number of anilines is 1. The number of nitrogens with zero attached hydrogens (tertiary/aromatic N) is 2. The monoisotopic (exact) mass is 379 g/mol. The molecule has 0 radical (unpaired) electrons. The molecule has 1 N–H and O–H groups in total. The first-order chi connectivity index (χ1) is 13.7. The molecule has 3 aromatic rings. The molecular formula is C22H25N3O3. The van der Waals surface area contributed by atoms with E-state index in [0.717, 1.165) is 29.8 Å². The lowest BCUT2D eigenvalue weighted by atomic mass is 10.0.